The van der Waals surface area contributed by atoms with Gasteiger partial charge in [-0.3, -0.25) is 0 Å². The Morgan fingerprint density at radius 1 is 1.29 bits per heavy atom. The van der Waals surface area contributed by atoms with Crippen LogP contribution >= 0.6 is 11.6 Å². The molecule has 0 aromatic heterocycles. The zero-order chi connectivity index (χ0) is 12.8. The van der Waals surface area contributed by atoms with Crippen LogP contribution in [0.5, 0.6) is 0 Å². The van der Waals surface area contributed by atoms with Crippen LogP contribution in [0, 0.1) is 17.6 Å². The summed E-state index contributed by atoms with van der Waals surface area (Å²) >= 11 is 5.84. The van der Waals surface area contributed by atoms with Crippen LogP contribution in [0.25, 0.3) is 0 Å². The highest BCUT2D eigenvalue weighted by Gasteiger charge is 2.11. The summed E-state index contributed by atoms with van der Waals surface area (Å²) in [7, 11) is 0. The number of hydrogen-bond donors (Lipinski definition) is 1. The minimum Gasteiger partial charge on any atom is -0.316 e. The highest BCUT2D eigenvalue weighted by molar-refractivity contribution is 6.31. The largest absolute Gasteiger partial charge is 0.316 e. The topological polar surface area (TPSA) is 12.0 Å². The summed E-state index contributed by atoms with van der Waals surface area (Å²) in [6.45, 7) is 5.95. The maximum absolute atomic E-state index is 13.4. The standard InChI is InChI=1S/C13H18ClF2N/c1-9(2)8-17-7-3-4-10-11(14)5-6-12(15)13(10)16/h5-6,9,17H,3-4,7-8H2,1-2H3. The van der Waals surface area contributed by atoms with Gasteiger partial charge >= 0.3 is 0 Å². The number of hydrogen-bond acceptors (Lipinski definition) is 1. The second kappa shape index (κ2) is 6.92. The van der Waals surface area contributed by atoms with E-state index in [1.54, 1.807) is 0 Å². The summed E-state index contributed by atoms with van der Waals surface area (Å²) in [5, 5.41) is 3.55. The van der Waals surface area contributed by atoms with Gasteiger partial charge in [-0.15, -0.1) is 0 Å². The Balaban J connectivity index is 2.44. The molecule has 0 aliphatic heterocycles. The summed E-state index contributed by atoms with van der Waals surface area (Å²) < 4.78 is 26.4. The van der Waals surface area contributed by atoms with E-state index in [0.717, 1.165) is 25.6 Å². The third kappa shape index (κ3) is 4.60. The quantitative estimate of drug-likeness (QED) is 0.607. The van der Waals surface area contributed by atoms with E-state index in [1.807, 2.05) is 0 Å². The molecule has 1 aromatic rings. The van der Waals surface area contributed by atoms with Crippen molar-refractivity contribution in [1.29, 1.82) is 0 Å². The first-order valence-electron chi connectivity index (χ1n) is 5.85. The molecule has 0 aliphatic carbocycles. The Bertz CT molecular complexity index is 367. The molecule has 1 aromatic carbocycles. The van der Waals surface area contributed by atoms with Crippen LogP contribution in [-0.4, -0.2) is 13.1 Å². The van der Waals surface area contributed by atoms with Crippen molar-refractivity contribution >= 4 is 11.6 Å². The highest BCUT2D eigenvalue weighted by Crippen LogP contribution is 2.22. The molecule has 17 heavy (non-hydrogen) atoms. The lowest BCUT2D eigenvalue weighted by Gasteiger charge is -2.09. The fourth-order valence-corrected chi connectivity index (χ4v) is 1.82. The summed E-state index contributed by atoms with van der Waals surface area (Å²) in [5.74, 6) is -1.06. The van der Waals surface area contributed by atoms with Crippen LogP contribution in [0.2, 0.25) is 5.02 Å². The van der Waals surface area contributed by atoms with Gasteiger partial charge < -0.3 is 5.32 Å². The number of halogens is 3. The van der Waals surface area contributed by atoms with E-state index in [0.29, 0.717) is 17.4 Å². The van der Waals surface area contributed by atoms with Gasteiger partial charge in [-0.25, -0.2) is 8.78 Å². The SMILES string of the molecule is CC(C)CNCCCc1c(Cl)ccc(F)c1F. The normalized spacial score (nSPS) is 11.2. The van der Waals surface area contributed by atoms with Gasteiger partial charge in [0.05, 0.1) is 0 Å². The predicted octanol–water partition coefficient (Wildman–Crippen LogP) is 3.80. The van der Waals surface area contributed by atoms with E-state index in [1.165, 1.54) is 6.07 Å². The molecule has 0 spiro atoms. The minimum absolute atomic E-state index is 0.276. The molecule has 1 rings (SSSR count). The van der Waals surface area contributed by atoms with E-state index in [-0.39, 0.29) is 5.56 Å². The lowest BCUT2D eigenvalue weighted by Crippen LogP contribution is -2.21. The van der Waals surface area contributed by atoms with Gasteiger partial charge in [0.1, 0.15) is 0 Å². The molecular formula is C13H18ClF2N. The van der Waals surface area contributed by atoms with E-state index in [2.05, 4.69) is 19.2 Å². The molecule has 0 heterocycles. The lowest BCUT2D eigenvalue weighted by molar-refractivity contribution is 0.493. The van der Waals surface area contributed by atoms with Crippen molar-refractivity contribution in [2.24, 2.45) is 5.92 Å². The number of benzene rings is 1. The Morgan fingerprint density at radius 3 is 2.65 bits per heavy atom. The van der Waals surface area contributed by atoms with Crippen LogP contribution in [0.4, 0.5) is 8.78 Å². The van der Waals surface area contributed by atoms with Crippen molar-refractivity contribution < 1.29 is 8.78 Å². The van der Waals surface area contributed by atoms with Gasteiger partial charge in [-0.2, -0.15) is 0 Å². The molecule has 1 nitrogen and oxygen atoms in total. The van der Waals surface area contributed by atoms with Crippen molar-refractivity contribution in [3.05, 3.63) is 34.4 Å². The molecule has 1 N–H and O–H groups in total. The summed E-state index contributed by atoms with van der Waals surface area (Å²) in [5.41, 5.74) is 0.276. The zero-order valence-electron chi connectivity index (χ0n) is 10.2. The van der Waals surface area contributed by atoms with Crippen molar-refractivity contribution in [2.45, 2.75) is 26.7 Å². The Morgan fingerprint density at radius 2 is 2.00 bits per heavy atom. The molecular weight excluding hydrogens is 244 g/mol. The summed E-state index contributed by atoms with van der Waals surface area (Å²) in [4.78, 5) is 0. The van der Waals surface area contributed by atoms with Gasteiger partial charge in [0, 0.05) is 10.6 Å². The first-order chi connectivity index (χ1) is 8.02. The zero-order valence-corrected chi connectivity index (χ0v) is 11.0. The Kier molecular flexibility index (Phi) is 5.86. The molecule has 0 saturated heterocycles. The van der Waals surface area contributed by atoms with Gasteiger partial charge in [0.2, 0.25) is 0 Å². The fraction of sp³-hybridized carbons (Fsp3) is 0.538. The van der Waals surface area contributed by atoms with E-state index in [4.69, 9.17) is 11.6 Å². The van der Waals surface area contributed by atoms with Crippen LogP contribution in [-0.2, 0) is 6.42 Å². The molecule has 0 fully saturated rings. The van der Waals surface area contributed by atoms with Crippen molar-refractivity contribution in [3.8, 4) is 0 Å². The molecule has 0 aliphatic rings. The summed E-state index contributed by atoms with van der Waals surface area (Å²) in [6, 6.07) is 2.45. The van der Waals surface area contributed by atoms with Gasteiger partial charge in [0.25, 0.3) is 0 Å². The van der Waals surface area contributed by atoms with Crippen LogP contribution < -0.4 is 5.32 Å². The third-order valence-corrected chi connectivity index (χ3v) is 2.83. The molecule has 0 amide bonds. The molecule has 0 saturated carbocycles. The average molecular weight is 262 g/mol. The predicted molar refractivity (Wildman–Crippen MR) is 67.4 cm³/mol. The first-order valence-corrected chi connectivity index (χ1v) is 6.23. The van der Waals surface area contributed by atoms with E-state index in [9.17, 15) is 8.78 Å². The van der Waals surface area contributed by atoms with Gasteiger partial charge in [-0.05, 0) is 44.0 Å². The van der Waals surface area contributed by atoms with Crippen LogP contribution in [0.1, 0.15) is 25.8 Å². The fourth-order valence-electron chi connectivity index (χ4n) is 1.58. The molecule has 0 bridgehead atoms. The second-order valence-electron chi connectivity index (χ2n) is 4.52. The minimum atomic E-state index is -0.834. The molecule has 4 heteroatoms. The van der Waals surface area contributed by atoms with Crippen LogP contribution in [0.15, 0.2) is 12.1 Å². The Hall–Kier alpha value is -0.670. The van der Waals surface area contributed by atoms with E-state index < -0.39 is 11.6 Å². The average Bonchev–Trinajstić information content (AvgIpc) is 2.27. The Labute approximate surface area is 106 Å². The first kappa shape index (κ1) is 14.4. The highest BCUT2D eigenvalue weighted by atomic mass is 35.5. The smallest absolute Gasteiger partial charge is 0.163 e. The van der Waals surface area contributed by atoms with Gasteiger partial charge in [-0.1, -0.05) is 25.4 Å². The summed E-state index contributed by atoms with van der Waals surface area (Å²) in [6.07, 6.45) is 1.19. The maximum atomic E-state index is 13.4. The van der Waals surface area contributed by atoms with E-state index >= 15 is 0 Å². The molecule has 0 radical (unpaired) electrons. The maximum Gasteiger partial charge on any atom is 0.163 e. The lowest BCUT2D eigenvalue weighted by atomic mass is 10.1. The second-order valence-corrected chi connectivity index (χ2v) is 4.93. The third-order valence-electron chi connectivity index (χ3n) is 2.47. The number of rotatable bonds is 6. The van der Waals surface area contributed by atoms with Crippen molar-refractivity contribution in [2.75, 3.05) is 13.1 Å². The molecule has 96 valence electrons. The monoisotopic (exact) mass is 261 g/mol. The van der Waals surface area contributed by atoms with Crippen molar-refractivity contribution in [1.82, 2.24) is 5.32 Å². The molecule has 0 atom stereocenters. The van der Waals surface area contributed by atoms with Crippen LogP contribution in [0.3, 0.4) is 0 Å². The van der Waals surface area contributed by atoms with Gasteiger partial charge in [0.15, 0.2) is 11.6 Å². The van der Waals surface area contributed by atoms with Crippen molar-refractivity contribution in [3.63, 3.8) is 0 Å². The molecule has 0 unspecified atom stereocenters. The number of nitrogens with one attached hydrogen (secondary N) is 1.